The topological polar surface area (TPSA) is 53.0 Å². The van der Waals surface area contributed by atoms with Crippen LogP contribution in [-0.2, 0) is 9.53 Å². The number of rotatable bonds is 7. The lowest BCUT2D eigenvalue weighted by Gasteiger charge is -2.30. The first-order valence-corrected chi connectivity index (χ1v) is 8.74. The van der Waals surface area contributed by atoms with E-state index in [1.165, 1.54) is 0 Å². The summed E-state index contributed by atoms with van der Waals surface area (Å²) in [5.74, 6) is 0.118. The molecule has 0 aliphatic carbocycles. The predicted molar refractivity (Wildman–Crippen MR) is 96.2 cm³/mol. The minimum atomic E-state index is -0.595. The minimum Gasteiger partial charge on any atom is -0.389 e. The Morgan fingerprint density at radius 3 is 2.58 bits per heavy atom. The van der Waals surface area contributed by atoms with Gasteiger partial charge >= 0.3 is 0 Å². The van der Waals surface area contributed by atoms with Crippen LogP contribution < -0.4 is 4.90 Å². The number of aliphatic hydroxyl groups excluding tert-OH is 1. The van der Waals surface area contributed by atoms with Crippen molar-refractivity contribution in [3.63, 3.8) is 0 Å². The van der Waals surface area contributed by atoms with Gasteiger partial charge in [-0.25, -0.2) is 0 Å². The van der Waals surface area contributed by atoms with Crippen molar-refractivity contribution in [1.82, 2.24) is 4.90 Å². The van der Waals surface area contributed by atoms with Gasteiger partial charge < -0.3 is 14.7 Å². The smallest absolute Gasteiger partial charge is 0.244 e. The molecule has 1 fully saturated rings. The second kappa shape index (κ2) is 8.10. The first-order valence-electron chi connectivity index (χ1n) is 8.74. The van der Waals surface area contributed by atoms with Gasteiger partial charge in [0.2, 0.25) is 5.91 Å². The van der Waals surface area contributed by atoms with Gasteiger partial charge in [0.05, 0.1) is 24.4 Å². The molecule has 1 heterocycles. The van der Waals surface area contributed by atoms with Crippen molar-refractivity contribution in [3.8, 4) is 0 Å². The average Bonchev–Trinajstić information content (AvgIpc) is 2.92. The Balaban J connectivity index is 1.95. The van der Waals surface area contributed by atoms with Crippen LogP contribution >= 0.6 is 0 Å². The molecule has 1 amide bonds. The highest BCUT2D eigenvalue weighted by Gasteiger charge is 2.36. The summed E-state index contributed by atoms with van der Waals surface area (Å²) in [4.78, 5) is 16.7. The molecule has 2 unspecified atom stereocenters. The van der Waals surface area contributed by atoms with Crippen LogP contribution in [0.2, 0.25) is 0 Å². The molecule has 1 aromatic carbocycles. The fraction of sp³-hybridized carbons (Fsp3) is 0.632. The van der Waals surface area contributed by atoms with Gasteiger partial charge in [-0.05, 0) is 45.9 Å². The van der Waals surface area contributed by atoms with Crippen LogP contribution in [0.3, 0.4) is 0 Å². The molecule has 1 aliphatic rings. The number of benzene rings is 1. The van der Waals surface area contributed by atoms with Crippen molar-refractivity contribution in [3.05, 3.63) is 30.3 Å². The Morgan fingerprint density at radius 2 is 2.00 bits per heavy atom. The number of carbonyl (C=O) groups excluding carboxylic acids is 1. The standard InChI is InChI=1S/C19H30N2O3/c1-5-20(13-16(22)14-24-19(2,3)4)17-11-12-21(18(17)23)15-9-7-6-8-10-15/h6-10,16-17,22H,5,11-14H2,1-4H3. The highest BCUT2D eigenvalue weighted by Crippen LogP contribution is 2.24. The summed E-state index contributed by atoms with van der Waals surface area (Å²) in [6, 6.07) is 9.60. The van der Waals surface area contributed by atoms with Gasteiger partial charge in [-0.2, -0.15) is 0 Å². The van der Waals surface area contributed by atoms with E-state index in [9.17, 15) is 9.90 Å². The molecule has 1 aliphatic heterocycles. The number of hydrogen-bond acceptors (Lipinski definition) is 4. The zero-order valence-corrected chi connectivity index (χ0v) is 15.2. The Kier molecular flexibility index (Phi) is 6.38. The van der Waals surface area contributed by atoms with Gasteiger partial charge in [0.25, 0.3) is 0 Å². The molecule has 5 heteroatoms. The summed E-state index contributed by atoms with van der Waals surface area (Å²) in [5.41, 5.74) is 0.670. The van der Waals surface area contributed by atoms with E-state index in [0.29, 0.717) is 6.54 Å². The van der Waals surface area contributed by atoms with Crippen LogP contribution in [0.15, 0.2) is 30.3 Å². The normalized spacial score (nSPS) is 20.0. The minimum absolute atomic E-state index is 0.118. The summed E-state index contributed by atoms with van der Waals surface area (Å²) in [5, 5.41) is 10.3. The van der Waals surface area contributed by atoms with E-state index in [1.54, 1.807) is 0 Å². The summed E-state index contributed by atoms with van der Waals surface area (Å²) in [6.07, 6.45) is 0.191. The zero-order valence-electron chi connectivity index (χ0n) is 15.2. The van der Waals surface area contributed by atoms with E-state index in [2.05, 4.69) is 4.90 Å². The molecule has 1 N–H and O–H groups in total. The lowest BCUT2D eigenvalue weighted by Crippen LogP contribution is -2.46. The maximum absolute atomic E-state index is 12.8. The van der Waals surface area contributed by atoms with Crippen molar-refractivity contribution < 1.29 is 14.6 Å². The number of para-hydroxylation sites is 1. The van der Waals surface area contributed by atoms with E-state index >= 15 is 0 Å². The van der Waals surface area contributed by atoms with E-state index in [0.717, 1.165) is 25.2 Å². The van der Waals surface area contributed by atoms with Crippen molar-refractivity contribution in [2.75, 3.05) is 31.1 Å². The highest BCUT2D eigenvalue weighted by molar-refractivity contribution is 5.99. The second-order valence-electron chi connectivity index (χ2n) is 7.29. The molecule has 0 aromatic heterocycles. The first-order chi connectivity index (χ1) is 11.3. The van der Waals surface area contributed by atoms with Crippen molar-refractivity contribution in [2.24, 2.45) is 0 Å². The molecule has 0 saturated carbocycles. The maximum atomic E-state index is 12.8. The molecule has 134 valence electrons. The summed E-state index contributed by atoms with van der Waals surface area (Å²) in [7, 11) is 0. The molecule has 1 saturated heterocycles. The van der Waals surface area contributed by atoms with Gasteiger partial charge in [0.1, 0.15) is 0 Å². The number of carbonyl (C=O) groups is 1. The molecular formula is C19H30N2O3. The summed E-state index contributed by atoms with van der Waals surface area (Å²) < 4.78 is 5.64. The van der Waals surface area contributed by atoms with Crippen molar-refractivity contribution in [2.45, 2.75) is 51.9 Å². The zero-order chi connectivity index (χ0) is 17.7. The molecule has 1 aromatic rings. The number of hydrogen-bond donors (Lipinski definition) is 1. The highest BCUT2D eigenvalue weighted by atomic mass is 16.5. The van der Waals surface area contributed by atoms with E-state index in [1.807, 2.05) is 62.9 Å². The number of amides is 1. The molecule has 0 spiro atoms. The quantitative estimate of drug-likeness (QED) is 0.831. The lowest BCUT2D eigenvalue weighted by molar-refractivity contribution is -0.122. The molecule has 2 rings (SSSR count). The van der Waals surface area contributed by atoms with Crippen LogP contribution in [0, 0.1) is 0 Å². The molecule has 0 bridgehead atoms. The Morgan fingerprint density at radius 1 is 1.33 bits per heavy atom. The third kappa shape index (κ3) is 5.03. The van der Waals surface area contributed by atoms with E-state index < -0.39 is 6.10 Å². The van der Waals surface area contributed by atoms with Gasteiger partial charge in [0, 0.05) is 18.8 Å². The van der Waals surface area contributed by atoms with Crippen molar-refractivity contribution in [1.29, 1.82) is 0 Å². The van der Waals surface area contributed by atoms with Crippen LogP contribution in [0.1, 0.15) is 34.1 Å². The van der Waals surface area contributed by atoms with E-state index in [4.69, 9.17) is 4.74 Å². The van der Waals surface area contributed by atoms with Gasteiger partial charge in [-0.3, -0.25) is 9.69 Å². The monoisotopic (exact) mass is 334 g/mol. The number of likely N-dealkylation sites (N-methyl/N-ethyl adjacent to an activating group) is 1. The fourth-order valence-electron chi connectivity index (χ4n) is 3.01. The largest absolute Gasteiger partial charge is 0.389 e. The molecule has 2 atom stereocenters. The Hall–Kier alpha value is -1.43. The van der Waals surface area contributed by atoms with Crippen LogP contribution in [0.4, 0.5) is 5.69 Å². The van der Waals surface area contributed by atoms with E-state index in [-0.39, 0.29) is 24.2 Å². The second-order valence-corrected chi connectivity index (χ2v) is 7.29. The number of nitrogens with zero attached hydrogens (tertiary/aromatic N) is 2. The number of aliphatic hydroxyl groups is 1. The first kappa shape index (κ1) is 18.9. The molecule has 0 radical (unpaired) electrons. The average molecular weight is 334 g/mol. The summed E-state index contributed by atoms with van der Waals surface area (Å²) >= 11 is 0. The van der Waals surface area contributed by atoms with Crippen molar-refractivity contribution >= 4 is 11.6 Å². The fourth-order valence-corrected chi connectivity index (χ4v) is 3.01. The molecule has 5 nitrogen and oxygen atoms in total. The van der Waals surface area contributed by atoms with Gasteiger partial charge in [-0.1, -0.05) is 25.1 Å². The number of ether oxygens (including phenoxy) is 1. The predicted octanol–water partition coefficient (Wildman–Crippen LogP) is 2.29. The van der Waals surface area contributed by atoms with Gasteiger partial charge in [0.15, 0.2) is 0 Å². The number of anilines is 1. The van der Waals surface area contributed by atoms with Crippen LogP contribution in [0.5, 0.6) is 0 Å². The SMILES string of the molecule is CCN(CC(O)COC(C)(C)C)C1CCN(c2ccccc2)C1=O. The summed E-state index contributed by atoms with van der Waals surface area (Å²) in [6.45, 7) is 10.1. The Bertz CT molecular complexity index is 527. The van der Waals surface area contributed by atoms with Crippen LogP contribution in [-0.4, -0.2) is 59.9 Å². The third-order valence-electron chi connectivity index (χ3n) is 4.25. The molecule has 24 heavy (non-hydrogen) atoms. The van der Waals surface area contributed by atoms with Gasteiger partial charge in [-0.15, -0.1) is 0 Å². The maximum Gasteiger partial charge on any atom is 0.244 e. The molecular weight excluding hydrogens is 304 g/mol. The van der Waals surface area contributed by atoms with Crippen LogP contribution in [0.25, 0.3) is 0 Å². The Labute approximate surface area is 145 Å². The lowest BCUT2D eigenvalue weighted by atomic mass is 10.1. The third-order valence-corrected chi connectivity index (χ3v) is 4.25.